The van der Waals surface area contributed by atoms with Crippen LogP contribution in [0, 0.1) is 6.92 Å². The molecule has 1 aliphatic heterocycles. The van der Waals surface area contributed by atoms with Crippen LogP contribution in [0.3, 0.4) is 0 Å². The third-order valence-electron chi connectivity index (χ3n) is 4.42. The average Bonchev–Trinajstić information content (AvgIpc) is 3.26. The van der Waals surface area contributed by atoms with Crippen LogP contribution in [-0.4, -0.2) is 30.3 Å². The molecule has 5 heteroatoms. The molecule has 5 nitrogen and oxygen atoms in total. The Hall–Kier alpha value is -2.30. The Morgan fingerprint density at radius 1 is 1.08 bits per heavy atom. The highest BCUT2D eigenvalue weighted by Gasteiger charge is 2.16. The van der Waals surface area contributed by atoms with Gasteiger partial charge in [-0.1, -0.05) is 24.4 Å². The van der Waals surface area contributed by atoms with Gasteiger partial charge < -0.3 is 14.0 Å². The number of aliphatic imine (C=N–C) groups is 1. The minimum absolute atomic E-state index is 0.181. The van der Waals surface area contributed by atoms with Crippen LogP contribution in [0.5, 0.6) is 5.75 Å². The van der Waals surface area contributed by atoms with E-state index in [1.165, 1.54) is 19.3 Å². The van der Waals surface area contributed by atoms with Gasteiger partial charge in [0.1, 0.15) is 17.6 Å². The first-order valence-corrected chi connectivity index (χ1v) is 9.57. The van der Waals surface area contributed by atoms with Crippen LogP contribution in [0.4, 0.5) is 0 Å². The number of benzene rings is 1. The fourth-order valence-electron chi connectivity index (χ4n) is 2.99. The number of hydrogen-bond acceptors (Lipinski definition) is 5. The molecule has 3 rings (SSSR count). The summed E-state index contributed by atoms with van der Waals surface area (Å²) in [7, 11) is 0. The van der Waals surface area contributed by atoms with E-state index in [4.69, 9.17) is 14.0 Å². The predicted octanol–water partition coefficient (Wildman–Crippen LogP) is 4.72. The Labute approximate surface area is 155 Å². The molecule has 2 heterocycles. The molecular weight excluding hydrogens is 328 g/mol. The topological polar surface area (TPSA) is 56.9 Å². The molecule has 140 valence electrons. The molecule has 1 aromatic carbocycles. The van der Waals surface area contributed by atoms with E-state index in [9.17, 15) is 0 Å². The Morgan fingerprint density at radius 2 is 1.85 bits per heavy atom. The lowest BCUT2D eigenvalue weighted by atomic mass is 10.1. The molecule has 1 aliphatic rings. The second-order valence-corrected chi connectivity index (χ2v) is 6.90. The standard InChI is InChI=1S/C21H28N2O3/c1-16-14-20(26-23-16)8-6-4-3-5-7-13-24-19-11-9-18(10-12-19)21-22-15-17(2)25-21/h9-12,14,17H,3-8,13,15H2,1-2H3/t17-/m0/s1. The largest absolute Gasteiger partial charge is 0.494 e. The van der Waals surface area contributed by atoms with E-state index in [0.717, 1.165) is 61.1 Å². The van der Waals surface area contributed by atoms with E-state index in [1.54, 1.807) is 0 Å². The first-order valence-electron chi connectivity index (χ1n) is 9.57. The number of aromatic nitrogens is 1. The Morgan fingerprint density at radius 3 is 2.54 bits per heavy atom. The van der Waals surface area contributed by atoms with Gasteiger partial charge >= 0.3 is 0 Å². The number of nitrogens with zero attached hydrogens (tertiary/aromatic N) is 2. The maximum Gasteiger partial charge on any atom is 0.216 e. The molecule has 0 saturated carbocycles. The van der Waals surface area contributed by atoms with E-state index < -0.39 is 0 Å². The SMILES string of the molecule is Cc1cc(CCCCCCCOc2ccc(C3=NC[C@H](C)O3)cc2)on1. The molecule has 0 spiro atoms. The number of unbranched alkanes of at least 4 members (excludes halogenated alkanes) is 4. The smallest absolute Gasteiger partial charge is 0.216 e. The molecule has 0 fully saturated rings. The molecule has 0 amide bonds. The minimum atomic E-state index is 0.181. The molecular formula is C21H28N2O3. The Balaban J connectivity index is 1.24. The van der Waals surface area contributed by atoms with Crippen LogP contribution >= 0.6 is 0 Å². The van der Waals surface area contributed by atoms with E-state index >= 15 is 0 Å². The lowest BCUT2D eigenvalue weighted by Gasteiger charge is -2.08. The zero-order valence-corrected chi connectivity index (χ0v) is 15.7. The summed E-state index contributed by atoms with van der Waals surface area (Å²) in [5, 5.41) is 3.91. The van der Waals surface area contributed by atoms with E-state index in [-0.39, 0.29) is 6.10 Å². The third-order valence-corrected chi connectivity index (χ3v) is 4.42. The average molecular weight is 356 g/mol. The van der Waals surface area contributed by atoms with Crippen LogP contribution in [0.1, 0.15) is 56.0 Å². The van der Waals surface area contributed by atoms with Gasteiger partial charge in [-0.2, -0.15) is 0 Å². The van der Waals surface area contributed by atoms with Crippen molar-refractivity contribution in [3.8, 4) is 5.75 Å². The molecule has 1 aromatic heterocycles. The quantitative estimate of drug-likeness (QED) is 0.578. The van der Waals surface area contributed by atoms with Gasteiger partial charge in [0, 0.05) is 18.1 Å². The highest BCUT2D eigenvalue weighted by molar-refractivity contribution is 5.95. The van der Waals surface area contributed by atoms with Crippen molar-refractivity contribution in [3.63, 3.8) is 0 Å². The first kappa shape index (κ1) is 18.5. The fourth-order valence-corrected chi connectivity index (χ4v) is 2.99. The lowest BCUT2D eigenvalue weighted by molar-refractivity contribution is 0.246. The molecule has 26 heavy (non-hydrogen) atoms. The van der Waals surface area contributed by atoms with Gasteiger partial charge in [-0.25, -0.2) is 4.99 Å². The van der Waals surface area contributed by atoms with Crippen molar-refractivity contribution in [1.29, 1.82) is 0 Å². The molecule has 2 aromatic rings. The molecule has 0 saturated heterocycles. The van der Waals surface area contributed by atoms with Crippen molar-refractivity contribution in [2.24, 2.45) is 4.99 Å². The predicted molar refractivity (Wildman–Crippen MR) is 102 cm³/mol. The van der Waals surface area contributed by atoms with E-state index in [1.807, 2.05) is 44.2 Å². The van der Waals surface area contributed by atoms with Gasteiger partial charge in [-0.05, 0) is 51.0 Å². The van der Waals surface area contributed by atoms with Crippen molar-refractivity contribution in [2.45, 2.75) is 58.5 Å². The van der Waals surface area contributed by atoms with Crippen molar-refractivity contribution in [1.82, 2.24) is 5.16 Å². The van der Waals surface area contributed by atoms with Gasteiger partial charge in [0.2, 0.25) is 5.90 Å². The summed E-state index contributed by atoms with van der Waals surface area (Å²) >= 11 is 0. The zero-order chi connectivity index (χ0) is 18.2. The van der Waals surface area contributed by atoms with Gasteiger partial charge in [-0.15, -0.1) is 0 Å². The van der Waals surface area contributed by atoms with Crippen LogP contribution in [0.25, 0.3) is 0 Å². The summed E-state index contributed by atoms with van der Waals surface area (Å²) in [5.74, 6) is 2.64. The maximum atomic E-state index is 5.82. The summed E-state index contributed by atoms with van der Waals surface area (Å²) in [5.41, 5.74) is 1.98. The molecule has 0 radical (unpaired) electrons. The molecule has 0 N–H and O–H groups in total. The van der Waals surface area contributed by atoms with Crippen molar-refractivity contribution in [3.05, 3.63) is 47.3 Å². The number of aryl methyl sites for hydroxylation is 2. The maximum absolute atomic E-state index is 5.82. The summed E-state index contributed by atoms with van der Waals surface area (Å²) < 4.78 is 16.7. The minimum Gasteiger partial charge on any atom is -0.494 e. The van der Waals surface area contributed by atoms with Crippen LogP contribution in [0.2, 0.25) is 0 Å². The van der Waals surface area contributed by atoms with Crippen molar-refractivity contribution < 1.29 is 14.0 Å². The number of ether oxygens (including phenoxy) is 2. The summed E-state index contributed by atoms with van der Waals surface area (Å²) in [6.07, 6.45) is 7.03. The highest BCUT2D eigenvalue weighted by Crippen LogP contribution is 2.17. The van der Waals surface area contributed by atoms with Crippen LogP contribution in [-0.2, 0) is 11.2 Å². The van der Waals surface area contributed by atoms with Crippen molar-refractivity contribution >= 4 is 5.90 Å². The summed E-state index contributed by atoms with van der Waals surface area (Å²) in [6, 6.07) is 10.0. The van der Waals surface area contributed by atoms with Gasteiger partial charge in [0.15, 0.2) is 0 Å². The second-order valence-electron chi connectivity index (χ2n) is 6.90. The monoisotopic (exact) mass is 356 g/mol. The van der Waals surface area contributed by atoms with Gasteiger partial charge in [0.25, 0.3) is 0 Å². The van der Waals surface area contributed by atoms with E-state index in [0.29, 0.717) is 0 Å². The molecule has 1 atom stereocenters. The van der Waals surface area contributed by atoms with Gasteiger partial charge in [-0.3, -0.25) is 0 Å². The highest BCUT2D eigenvalue weighted by atomic mass is 16.5. The fraction of sp³-hybridized carbons (Fsp3) is 0.524. The normalized spacial score (nSPS) is 16.4. The van der Waals surface area contributed by atoms with Crippen molar-refractivity contribution in [2.75, 3.05) is 13.2 Å². The lowest BCUT2D eigenvalue weighted by Crippen LogP contribution is -2.08. The zero-order valence-electron chi connectivity index (χ0n) is 15.7. The van der Waals surface area contributed by atoms with E-state index in [2.05, 4.69) is 10.1 Å². The Bertz CT molecular complexity index is 706. The molecule has 0 bridgehead atoms. The second kappa shape index (κ2) is 9.41. The molecule has 0 aliphatic carbocycles. The summed E-state index contributed by atoms with van der Waals surface area (Å²) in [6.45, 7) is 5.49. The van der Waals surface area contributed by atoms with Gasteiger partial charge in [0.05, 0.1) is 18.8 Å². The third kappa shape index (κ3) is 5.61. The molecule has 0 unspecified atom stereocenters. The summed E-state index contributed by atoms with van der Waals surface area (Å²) in [4.78, 5) is 4.39. The Kier molecular flexibility index (Phi) is 6.69. The van der Waals surface area contributed by atoms with Crippen LogP contribution < -0.4 is 4.74 Å². The number of hydrogen-bond donors (Lipinski definition) is 0. The first-order chi connectivity index (χ1) is 12.7. The van der Waals surface area contributed by atoms with Crippen LogP contribution in [0.15, 0.2) is 39.8 Å². The number of rotatable bonds is 10.